The number of ether oxygens (including phenoxy) is 1. The number of hydrogen-bond acceptors (Lipinski definition) is 3. The number of carbonyl (C=O) groups excluding carboxylic acids is 1. The highest BCUT2D eigenvalue weighted by molar-refractivity contribution is 5.74. The largest absolute Gasteiger partial charge is 0.444 e. The maximum atomic E-state index is 12.6. The number of aromatic nitrogens is 1. The molecule has 1 fully saturated rings. The van der Waals surface area contributed by atoms with Crippen LogP contribution >= 0.6 is 0 Å². The molecule has 2 unspecified atom stereocenters. The fraction of sp³-hybridized carbons (Fsp3) is 0.579. The molecule has 4 heteroatoms. The summed E-state index contributed by atoms with van der Waals surface area (Å²) in [5.74, 6) is 0. The van der Waals surface area contributed by atoms with Crippen LogP contribution in [0.3, 0.4) is 0 Å². The molecule has 0 aromatic carbocycles. The van der Waals surface area contributed by atoms with Gasteiger partial charge in [-0.15, -0.1) is 0 Å². The number of aryl methyl sites for hydroxylation is 1. The Labute approximate surface area is 138 Å². The zero-order chi connectivity index (χ0) is 16.6. The Bertz CT molecular complexity index is 631. The minimum atomic E-state index is -0.451. The Morgan fingerprint density at radius 2 is 2.13 bits per heavy atom. The summed E-state index contributed by atoms with van der Waals surface area (Å²) in [6.07, 6.45) is 7.98. The maximum Gasteiger partial charge on any atom is 0.411 e. The standard InChI is InChI=1S/C19H26N2O2/c1-13-8-9-20-17(10-13)14-11-15-6-5-7-16(12-14)21(15)18(22)23-19(2,3)4/h8-11,15-16H,5-7,12H2,1-4H3. The van der Waals surface area contributed by atoms with E-state index in [1.807, 2.05) is 37.9 Å². The molecular formula is C19H26N2O2. The summed E-state index contributed by atoms with van der Waals surface area (Å²) in [6, 6.07) is 4.51. The van der Waals surface area contributed by atoms with Crippen LogP contribution in [0.4, 0.5) is 4.79 Å². The number of pyridine rings is 1. The van der Waals surface area contributed by atoms with E-state index in [0.717, 1.165) is 25.0 Å². The first kappa shape index (κ1) is 16.0. The third kappa shape index (κ3) is 3.57. The van der Waals surface area contributed by atoms with Crippen LogP contribution in [0, 0.1) is 6.92 Å². The predicted molar refractivity (Wildman–Crippen MR) is 91.1 cm³/mol. The van der Waals surface area contributed by atoms with Crippen molar-refractivity contribution in [1.82, 2.24) is 9.88 Å². The monoisotopic (exact) mass is 314 g/mol. The number of rotatable bonds is 1. The van der Waals surface area contributed by atoms with Gasteiger partial charge in [-0.05, 0) is 76.6 Å². The third-order valence-electron chi connectivity index (χ3n) is 4.49. The van der Waals surface area contributed by atoms with Crippen LogP contribution in [0.15, 0.2) is 24.4 Å². The van der Waals surface area contributed by atoms with Gasteiger partial charge in [0.2, 0.25) is 0 Å². The Morgan fingerprint density at radius 3 is 2.78 bits per heavy atom. The molecule has 1 saturated heterocycles. The van der Waals surface area contributed by atoms with E-state index in [9.17, 15) is 4.79 Å². The van der Waals surface area contributed by atoms with Crippen molar-refractivity contribution in [3.63, 3.8) is 0 Å². The fourth-order valence-corrected chi connectivity index (χ4v) is 3.53. The number of fused-ring (bicyclic) bond motifs is 2. The van der Waals surface area contributed by atoms with Gasteiger partial charge in [-0.25, -0.2) is 4.79 Å². The lowest BCUT2D eigenvalue weighted by Crippen LogP contribution is -2.53. The summed E-state index contributed by atoms with van der Waals surface area (Å²) in [7, 11) is 0. The van der Waals surface area contributed by atoms with E-state index < -0.39 is 5.60 Å². The van der Waals surface area contributed by atoms with Crippen LogP contribution in [-0.4, -0.2) is 33.7 Å². The average molecular weight is 314 g/mol. The van der Waals surface area contributed by atoms with Crippen molar-refractivity contribution in [3.8, 4) is 0 Å². The molecule has 3 heterocycles. The molecule has 4 nitrogen and oxygen atoms in total. The van der Waals surface area contributed by atoms with Gasteiger partial charge >= 0.3 is 6.09 Å². The molecule has 0 spiro atoms. The first-order valence-corrected chi connectivity index (χ1v) is 8.48. The van der Waals surface area contributed by atoms with Gasteiger partial charge in [0.25, 0.3) is 0 Å². The van der Waals surface area contributed by atoms with E-state index >= 15 is 0 Å². The molecule has 0 N–H and O–H groups in total. The molecule has 1 aromatic heterocycles. The van der Waals surface area contributed by atoms with E-state index in [1.165, 1.54) is 17.6 Å². The quantitative estimate of drug-likeness (QED) is 0.774. The van der Waals surface area contributed by atoms with E-state index in [0.29, 0.717) is 0 Å². The molecule has 2 bridgehead atoms. The summed E-state index contributed by atoms with van der Waals surface area (Å²) in [4.78, 5) is 19.1. The topological polar surface area (TPSA) is 42.4 Å². The van der Waals surface area contributed by atoms with Gasteiger partial charge in [0.05, 0.1) is 11.7 Å². The summed E-state index contributed by atoms with van der Waals surface area (Å²) in [5, 5.41) is 0. The van der Waals surface area contributed by atoms with Crippen molar-refractivity contribution in [1.29, 1.82) is 0 Å². The molecule has 0 saturated carbocycles. The molecule has 1 amide bonds. The highest BCUT2D eigenvalue weighted by Gasteiger charge is 2.39. The zero-order valence-electron chi connectivity index (χ0n) is 14.5. The van der Waals surface area contributed by atoms with Crippen LogP contribution in [0.2, 0.25) is 0 Å². The lowest BCUT2D eigenvalue weighted by molar-refractivity contribution is 0.0000662. The first-order chi connectivity index (χ1) is 10.8. The van der Waals surface area contributed by atoms with Crippen molar-refractivity contribution in [2.75, 3.05) is 0 Å². The second-order valence-corrected chi connectivity index (χ2v) is 7.65. The summed E-state index contributed by atoms with van der Waals surface area (Å²) in [6.45, 7) is 7.84. The van der Waals surface area contributed by atoms with E-state index in [2.05, 4.69) is 24.1 Å². The number of nitrogens with zero attached hydrogens (tertiary/aromatic N) is 2. The minimum absolute atomic E-state index is 0.134. The molecule has 2 aliphatic heterocycles. The summed E-state index contributed by atoms with van der Waals surface area (Å²) in [5.41, 5.74) is 3.08. The molecule has 2 aliphatic rings. The SMILES string of the molecule is Cc1ccnc(C2=CC3CCCC(C2)N3C(=O)OC(C)(C)C)c1. The third-order valence-corrected chi connectivity index (χ3v) is 4.49. The first-order valence-electron chi connectivity index (χ1n) is 8.48. The number of hydrogen-bond donors (Lipinski definition) is 0. The second-order valence-electron chi connectivity index (χ2n) is 7.65. The molecule has 2 atom stereocenters. The summed E-state index contributed by atoms with van der Waals surface area (Å²) >= 11 is 0. The molecule has 1 aromatic rings. The van der Waals surface area contributed by atoms with Crippen LogP contribution in [-0.2, 0) is 4.74 Å². The van der Waals surface area contributed by atoms with Crippen molar-refractivity contribution in [2.45, 2.75) is 71.1 Å². The Hall–Kier alpha value is -1.84. The zero-order valence-corrected chi connectivity index (χ0v) is 14.5. The second kappa shape index (κ2) is 5.99. The lowest BCUT2D eigenvalue weighted by atomic mass is 9.84. The maximum absolute atomic E-state index is 12.6. The van der Waals surface area contributed by atoms with Gasteiger partial charge in [-0.3, -0.25) is 9.88 Å². The predicted octanol–water partition coefficient (Wildman–Crippen LogP) is 4.34. The van der Waals surface area contributed by atoms with Gasteiger partial charge in [0.1, 0.15) is 5.60 Å². The van der Waals surface area contributed by atoms with Crippen LogP contribution in [0.25, 0.3) is 5.57 Å². The highest BCUT2D eigenvalue weighted by atomic mass is 16.6. The number of amides is 1. The molecule has 3 rings (SSSR count). The van der Waals surface area contributed by atoms with Crippen molar-refractivity contribution in [3.05, 3.63) is 35.7 Å². The van der Waals surface area contributed by atoms with Gasteiger partial charge < -0.3 is 4.74 Å². The molecular weight excluding hydrogens is 288 g/mol. The van der Waals surface area contributed by atoms with Gasteiger partial charge in [-0.1, -0.05) is 6.08 Å². The normalized spacial score (nSPS) is 24.2. The van der Waals surface area contributed by atoms with Crippen molar-refractivity contribution < 1.29 is 9.53 Å². The average Bonchev–Trinajstić information content (AvgIpc) is 2.44. The van der Waals surface area contributed by atoms with E-state index in [1.54, 1.807) is 0 Å². The number of piperidine rings is 1. The fourth-order valence-electron chi connectivity index (χ4n) is 3.53. The number of carbonyl (C=O) groups is 1. The highest BCUT2D eigenvalue weighted by Crippen LogP contribution is 2.37. The Morgan fingerprint density at radius 1 is 1.35 bits per heavy atom. The van der Waals surface area contributed by atoms with Crippen LogP contribution < -0.4 is 0 Å². The van der Waals surface area contributed by atoms with Gasteiger partial charge in [-0.2, -0.15) is 0 Å². The van der Waals surface area contributed by atoms with Crippen LogP contribution in [0.1, 0.15) is 57.7 Å². The van der Waals surface area contributed by atoms with Gasteiger partial charge in [0, 0.05) is 12.2 Å². The Balaban J connectivity index is 1.86. The minimum Gasteiger partial charge on any atom is -0.444 e. The molecule has 23 heavy (non-hydrogen) atoms. The smallest absolute Gasteiger partial charge is 0.411 e. The van der Waals surface area contributed by atoms with Gasteiger partial charge in [0.15, 0.2) is 0 Å². The van der Waals surface area contributed by atoms with E-state index in [-0.39, 0.29) is 18.2 Å². The lowest BCUT2D eigenvalue weighted by Gasteiger charge is -2.45. The molecule has 0 radical (unpaired) electrons. The summed E-state index contributed by atoms with van der Waals surface area (Å²) < 4.78 is 5.62. The Kier molecular flexibility index (Phi) is 4.17. The van der Waals surface area contributed by atoms with Crippen LogP contribution in [0.5, 0.6) is 0 Å². The molecule has 0 aliphatic carbocycles. The van der Waals surface area contributed by atoms with Crippen molar-refractivity contribution in [2.24, 2.45) is 0 Å². The van der Waals surface area contributed by atoms with E-state index in [4.69, 9.17) is 4.74 Å². The van der Waals surface area contributed by atoms with Crippen molar-refractivity contribution >= 4 is 11.7 Å². The molecule has 124 valence electrons.